The fraction of sp³-hybridized carbons (Fsp3) is 0.929. The van der Waals surface area contributed by atoms with Crippen LogP contribution in [0.25, 0.3) is 0 Å². The van der Waals surface area contributed by atoms with Gasteiger partial charge in [-0.2, -0.15) is 0 Å². The van der Waals surface area contributed by atoms with Gasteiger partial charge in [-0.1, -0.05) is 6.92 Å². The predicted molar refractivity (Wildman–Crippen MR) is 74.1 cm³/mol. The van der Waals surface area contributed by atoms with Crippen LogP contribution in [-0.2, 0) is 9.47 Å². The maximum absolute atomic E-state index is 6.16. The van der Waals surface area contributed by atoms with Crippen LogP contribution in [0.15, 0.2) is 4.99 Å². The first-order chi connectivity index (χ1) is 9.26. The van der Waals surface area contributed by atoms with Gasteiger partial charge < -0.3 is 20.1 Å². The van der Waals surface area contributed by atoms with E-state index in [0.717, 1.165) is 50.8 Å². The summed E-state index contributed by atoms with van der Waals surface area (Å²) in [6, 6.07) is 0. The SMILES string of the molecule is CC1CCC2(CC1)OCC(CNC1=NCCCN1)O2. The first kappa shape index (κ1) is 13.2. The molecule has 3 rings (SSSR count). The molecular weight excluding hydrogens is 242 g/mol. The van der Waals surface area contributed by atoms with Gasteiger partial charge in [0.2, 0.25) is 0 Å². The van der Waals surface area contributed by atoms with Gasteiger partial charge in [-0.3, -0.25) is 4.99 Å². The summed E-state index contributed by atoms with van der Waals surface area (Å²) in [5.41, 5.74) is 0. The predicted octanol–water partition coefficient (Wildman–Crippen LogP) is 1.25. The van der Waals surface area contributed by atoms with Crippen LogP contribution in [0.5, 0.6) is 0 Å². The third-order valence-corrected chi connectivity index (χ3v) is 4.34. The molecule has 108 valence electrons. The van der Waals surface area contributed by atoms with Crippen molar-refractivity contribution in [2.24, 2.45) is 10.9 Å². The molecule has 1 unspecified atom stereocenters. The lowest BCUT2D eigenvalue weighted by molar-refractivity contribution is -0.191. The number of hydrogen-bond acceptors (Lipinski definition) is 5. The normalized spacial score (nSPS) is 38.9. The topological polar surface area (TPSA) is 54.9 Å². The summed E-state index contributed by atoms with van der Waals surface area (Å²) in [4.78, 5) is 4.40. The maximum atomic E-state index is 6.16. The van der Waals surface area contributed by atoms with E-state index in [1.807, 2.05) is 0 Å². The van der Waals surface area contributed by atoms with E-state index >= 15 is 0 Å². The molecule has 2 N–H and O–H groups in total. The van der Waals surface area contributed by atoms with Crippen LogP contribution in [-0.4, -0.2) is 44.1 Å². The summed E-state index contributed by atoms with van der Waals surface area (Å²) < 4.78 is 12.1. The molecule has 1 atom stereocenters. The number of nitrogens with zero attached hydrogens (tertiary/aromatic N) is 1. The van der Waals surface area contributed by atoms with Crippen molar-refractivity contribution in [1.29, 1.82) is 0 Å². The summed E-state index contributed by atoms with van der Waals surface area (Å²) >= 11 is 0. The first-order valence-electron chi connectivity index (χ1n) is 7.60. The molecule has 0 aromatic rings. The monoisotopic (exact) mass is 267 g/mol. The number of aliphatic imine (C=N–C) groups is 1. The third-order valence-electron chi connectivity index (χ3n) is 4.34. The van der Waals surface area contributed by atoms with Gasteiger partial charge in [0.25, 0.3) is 0 Å². The molecule has 0 radical (unpaired) electrons. The van der Waals surface area contributed by atoms with E-state index in [9.17, 15) is 0 Å². The highest BCUT2D eigenvalue weighted by Gasteiger charge is 2.43. The Morgan fingerprint density at radius 3 is 3.00 bits per heavy atom. The summed E-state index contributed by atoms with van der Waals surface area (Å²) in [7, 11) is 0. The highest BCUT2D eigenvalue weighted by atomic mass is 16.7. The quantitative estimate of drug-likeness (QED) is 0.790. The molecule has 5 nitrogen and oxygen atoms in total. The minimum absolute atomic E-state index is 0.153. The number of nitrogens with one attached hydrogen (secondary N) is 2. The molecular formula is C14H25N3O2. The van der Waals surface area contributed by atoms with Crippen molar-refractivity contribution >= 4 is 5.96 Å². The van der Waals surface area contributed by atoms with E-state index in [-0.39, 0.29) is 11.9 Å². The average Bonchev–Trinajstić information content (AvgIpc) is 2.85. The molecule has 1 saturated heterocycles. The van der Waals surface area contributed by atoms with Crippen molar-refractivity contribution in [1.82, 2.24) is 10.6 Å². The zero-order valence-electron chi connectivity index (χ0n) is 11.8. The maximum Gasteiger partial charge on any atom is 0.191 e. The Labute approximate surface area is 115 Å². The van der Waals surface area contributed by atoms with Crippen LogP contribution in [0.1, 0.15) is 39.0 Å². The molecule has 2 heterocycles. The Bertz CT molecular complexity index is 338. The lowest BCUT2D eigenvalue weighted by Gasteiger charge is -2.34. The van der Waals surface area contributed by atoms with E-state index in [1.54, 1.807) is 0 Å². The number of guanidine groups is 1. The molecule has 0 bridgehead atoms. The highest BCUT2D eigenvalue weighted by Crippen LogP contribution is 2.39. The van der Waals surface area contributed by atoms with Crippen LogP contribution >= 0.6 is 0 Å². The fourth-order valence-corrected chi connectivity index (χ4v) is 3.04. The summed E-state index contributed by atoms with van der Waals surface area (Å²) in [5.74, 6) is 1.45. The van der Waals surface area contributed by atoms with Crippen LogP contribution in [0.3, 0.4) is 0 Å². The molecule has 3 aliphatic rings. The smallest absolute Gasteiger partial charge is 0.191 e. The molecule has 1 saturated carbocycles. The van der Waals surface area contributed by atoms with Gasteiger partial charge >= 0.3 is 0 Å². The molecule has 2 fully saturated rings. The largest absolute Gasteiger partial charge is 0.356 e. The molecule has 19 heavy (non-hydrogen) atoms. The molecule has 0 aromatic carbocycles. The first-order valence-corrected chi connectivity index (χ1v) is 7.60. The zero-order valence-corrected chi connectivity index (χ0v) is 11.8. The van der Waals surface area contributed by atoms with Crippen LogP contribution in [0, 0.1) is 5.92 Å². The van der Waals surface area contributed by atoms with E-state index in [4.69, 9.17) is 9.47 Å². The van der Waals surface area contributed by atoms with Gasteiger partial charge in [0.05, 0.1) is 6.61 Å². The minimum Gasteiger partial charge on any atom is -0.356 e. The van der Waals surface area contributed by atoms with Crippen molar-refractivity contribution in [3.63, 3.8) is 0 Å². The second-order valence-corrected chi connectivity index (χ2v) is 6.04. The van der Waals surface area contributed by atoms with Crippen molar-refractivity contribution in [2.45, 2.75) is 50.9 Å². The van der Waals surface area contributed by atoms with E-state index < -0.39 is 0 Å². The Hall–Kier alpha value is -0.810. The van der Waals surface area contributed by atoms with Crippen LogP contribution in [0.4, 0.5) is 0 Å². The van der Waals surface area contributed by atoms with Crippen molar-refractivity contribution in [3.8, 4) is 0 Å². The third kappa shape index (κ3) is 3.20. The Morgan fingerprint density at radius 1 is 1.42 bits per heavy atom. The standard InChI is InChI=1S/C14H25N3O2/c1-11-3-5-14(6-4-11)18-10-12(19-14)9-17-13-15-7-2-8-16-13/h11-12H,2-10H2,1H3,(H2,15,16,17). The number of hydrogen-bond donors (Lipinski definition) is 2. The molecule has 2 aliphatic heterocycles. The molecule has 0 aromatic heterocycles. The van der Waals surface area contributed by atoms with Crippen molar-refractivity contribution in [3.05, 3.63) is 0 Å². The Balaban J connectivity index is 1.45. The summed E-state index contributed by atoms with van der Waals surface area (Å²) in [5, 5.41) is 6.59. The van der Waals surface area contributed by atoms with Crippen LogP contribution < -0.4 is 10.6 Å². The van der Waals surface area contributed by atoms with Crippen LogP contribution in [0.2, 0.25) is 0 Å². The highest BCUT2D eigenvalue weighted by molar-refractivity contribution is 5.80. The Kier molecular flexibility index (Phi) is 3.93. The molecule has 5 heteroatoms. The van der Waals surface area contributed by atoms with E-state index in [0.29, 0.717) is 6.61 Å². The molecule has 1 spiro atoms. The second-order valence-electron chi connectivity index (χ2n) is 6.04. The number of ether oxygens (including phenoxy) is 2. The van der Waals surface area contributed by atoms with Crippen molar-refractivity contribution in [2.75, 3.05) is 26.2 Å². The van der Waals surface area contributed by atoms with E-state index in [1.165, 1.54) is 12.8 Å². The zero-order chi connectivity index (χ0) is 13.1. The second kappa shape index (κ2) is 5.67. The lowest BCUT2D eigenvalue weighted by Crippen LogP contribution is -2.44. The molecule has 1 aliphatic carbocycles. The summed E-state index contributed by atoms with van der Waals surface area (Å²) in [6.07, 6.45) is 5.80. The van der Waals surface area contributed by atoms with E-state index in [2.05, 4.69) is 22.5 Å². The minimum atomic E-state index is -0.277. The summed E-state index contributed by atoms with van der Waals surface area (Å²) in [6.45, 7) is 5.72. The number of rotatable bonds is 2. The van der Waals surface area contributed by atoms with Gasteiger partial charge in [-0.05, 0) is 25.2 Å². The van der Waals surface area contributed by atoms with Gasteiger partial charge in [0, 0.05) is 32.5 Å². The van der Waals surface area contributed by atoms with Crippen molar-refractivity contribution < 1.29 is 9.47 Å². The van der Waals surface area contributed by atoms with Gasteiger partial charge in [-0.25, -0.2) is 0 Å². The Morgan fingerprint density at radius 2 is 2.26 bits per heavy atom. The van der Waals surface area contributed by atoms with Gasteiger partial charge in [0.1, 0.15) is 6.10 Å². The average molecular weight is 267 g/mol. The van der Waals surface area contributed by atoms with Gasteiger partial charge in [-0.15, -0.1) is 0 Å². The molecule has 0 amide bonds. The fourth-order valence-electron chi connectivity index (χ4n) is 3.04. The van der Waals surface area contributed by atoms with Gasteiger partial charge in [0.15, 0.2) is 11.7 Å². The lowest BCUT2D eigenvalue weighted by atomic mass is 9.86.